The van der Waals surface area contributed by atoms with E-state index < -0.39 is 6.09 Å². The summed E-state index contributed by atoms with van der Waals surface area (Å²) >= 11 is 0. The highest BCUT2D eigenvalue weighted by Gasteiger charge is 2.28. The minimum absolute atomic E-state index is 0.0835. The van der Waals surface area contributed by atoms with Crippen LogP contribution in [0.1, 0.15) is 87.8 Å². The van der Waals surface area contributed by atoms with E-state index in [0.717, 1.165) is 48.1 Å². The second-order valence-electron chi connectivity index (χ2n) is 14.0. The molecule has 2 aromatic carbocycles. The predicted molar refractivity (Wildman–Crippen MR) is 188 cm³/mol. The second-order valence-corrected chi connectivity index (χ2v) is 14.0. The fraction of sp³-hybridized carbons (Fsp3) is 0.526. The van der Waals surface area contributed by atoms with Crippen LogP contribution in [-0.2, 0) is 17.9 Å². The zero-order valence-electron chi connectivity index (χ0n) is 27.9. The first-order valence-corrected chi connectivity index (χ1v) is 18.0. The fourth-order valence-electron chi connectivity index (χ4n) is 7.97. The van der Waals surface area contributed by atoms with E-state index in [1.54, 1.807) is 10.8 Å². The largest absolute Gasteiger partial charge is 0.444 e. The molecule has 1 saturated carbocycles. The van der Waals surface area contributed by atoms with E-state index in [9.17, 15) is 14.7 Å². The zero-order chi connectivity index (χ0) is 32.9. The minimum Gasteiger partial charge on any atom is -0.444 e. The summed E-state index contributed by atoms with van der Waals surface area (Å²) in [6.45, 7) is 5.38. The topological polar surface area (TPSA) is 113 Å². The lowest BCUT2D eigenvalue weighted by Gasteiger charge is -2.42. The van der Waals surface area contributed by atoms with Gasteiger partial charge in [-0.25, -0.2) is 9.78 Å². The molecule has 2 aromatic heterocycles. The van der Waals surface area contributed by atoms with E-state index in [1.807, 2.05) is 36.4 Å². The van der Waals surface area contributed by atoms with Crippen LogP contribution < -0.4 is 10.9 Å². The summed E-state index contributed by atoms with van der Waals surface area (Å²) in [7, 11) is 0. The van der Waals surface area contributed by atoms with Crippen LogP contribution in [0.5, 0.6) is 0 Å². The molecule has 1 unspecified atom stereocenters. The summed E-state index contributed by atoms with van der Waals surface area (Å²) in [5, 5.41) is 15.1. The SMILES string of the molecule is O=C(Nc1ncc2c3ccc(CN4CCN5CCCCCCCCC5C4)cc3c(=O)n(C3CCC(O)CC3)c2n1)OCc1ccccc1. The standard InChI is InChI=1S/C38H48N6O4/c45-31-16-14-29(15-17-31)44-35-34(23-39-37(40-35)41-38(47)48-26-27-10-6-5-7-11-27)32-18-13-28(22-33(32)36(44)46)24-42-20-21-43-19-9-4-2-1-3-8-12-30(43)25-42/h5-7,10-11,13,18,22-23,29-31,45H,1-4,8-9,12,14-17,19-21,24-26H2,(H,39,40,41,47). The monoisotopic (exact) mass is 652 g/mol. The van der Waals surface area contributed by atoms with Crippen molar-refractivity contribution in [2.45, 2.75) is 102 Å². The number of nitrogens with one attached hydrogen (secondary N) is 1. The molecule has 2 saturated heterocycles. The maximum absolute atomic E-state index is 14.4. The summed E-state index contributed by atoms with van der Waals surface area (Å²) < 4.78 is 7.18. The number of hydrogen-bond acceptors (Lipinski definition) is 8. The van der Waals surface area contributed by atoms with Crippen molar-refractivity contribution in [1.29, 1.82) is 0 Å². The van der Waals surface area contributed by atoms with Crippen molar-refractivity contribution in [3.63, 3.8) is 0 Å². The van der Waals surface area contributed by atoms with Gasteiger partial charge in [-0.3, -0.25) is 24.5 Å². The number of benzene rings is 2. The highest BCUT2D eigenvalue weighted by Crippen LogP contribution is 2.32. The Morgan fingerprint density at radius 3 is 2.46 bits per heavy atom. The van der Waals surface area contributed by atoms with Crippen molar-refractivity contribution in [1.82, 2.24) is 24.3 Å². The summed E-state index contributed by atoms with van der Waals surface area (Å²) in [5.74, 6) is 0.0835. The lowest BCUT2D eigenvalue weighted by Crippen LogP contribution is -2.53. The molecule has 1 aliphatic carbocycles. The highest BCUT2D eigenvalue weighted by atomic mass is 16.5. The number of carbonyl (C=O) groups excluding carboxylic acids is 1. The van der Waals surface area contributed by atoms with Crippen molar-refractivity contribution < 1.29 is 14.6 Å². The van der Waals surface area contributed by atoms with Crippen LogP contribution in [0.2, 0.25) is 0 Å². The molecule has 3 fully saturated rings. The third kappa shape index (κ3) is 7.56. The molecule has 1 amide bonds. The van der Waals surface area contributed by atoms with Crippen LogP contribution in [0.4, 0.5) is 10.7 Å². The first kappa shape index (κ1) is 32.7. The predicted octanol–water partition coefficient (Wildman–Crippen LogP) is 6.40. The average molecular weight is 653 g/mol. The number of fused-ring (bicyclic) bond motifs is 4. The third-order valence-electron chi connectivity index (χ3n) is 10.6. The van der Waals surface area contributed by atoms with Crippen molar-refractivity contribution in [2.24, 2.45) is 0 Å². The molecule has 254 valence electrons. The van der Waals surface area contributed by atoms with Crippen LogP contribution in [0.25, 0.3) is 21.8 Å². The van der Waals surface area contributed by atoms with E-state index in [-0.39, 0.29) is 30.3 Å². The van der Waals surface area contributed by atoms with E-state index in [1.165, 1.54) is 51.5 Å². The first-order chi connectivity index (χ1) is 23.5. The van der Waals surface area contributed by atoms with Crippen LogP contribution in [-0.4, -0.2) is 73.9 Å². The Balaban J connectivity index is 1.16. The molecule has 4 heterocycles. The molecule has 1 atom stereocenters. The number of ether oxygens (including phenoxy) is 1. The van der Waals surface area contributed by atoms with E-state index in [2.05, 4.69) is 32.2 Å². The molecule has 10 nitrogen and oxygen atoms in total. The molecule has 4 aromatic rings. The van der Waals surface area contributed by atoms with Crippen LogP contribution in [0.15, 0.2) is 59.5 Å². The number of rotatable bonds is 6. The minimum atomic E-state index is -0.662. The number of nitrogens with zero attached hydrogens (tertiary/aromatic N) is 5. The molecule has 2 aliphatic heterocycles. The Bertz CT molecular complexity index is 1770. The Hall–Kier alpha value is -3.86. The van der Waals surface area contributed by atoms with Crippen molar-refractivity contribution in [2.75, 3.05) is 31.5 Å². The van der Waals surface area contributed by atoms with E-state index >= 15 is 0 Å². The van der Waals surface area contributed by atoms with Gasteiger partial charge in [-0.1, -0.05) is 74.6 Å². The zero-order valence-corrected chi connectivity index (χ0v) is 27.9. The number of piperazine rings is 1. The summed E-state index contributed by atoms with van der Waals surface area (Å²) in [5.41, 5.74) is 2.41. The van der Waals surface area contributed by atoms with Gasteiger partial charge in [0.1, 0.15) is 12.3 Å². The van der Waals surface area contributed by atoms with Gasteiger partial charge in [0.05, 0.1) is 6.10 Å². The molecule has 3 aliphatic rings. The number of hydrogen-bond donors (Lipinski definition) is 2. The maximum atomic E-state index is 14.4. The Morgan fingerprint density at radius 1 is 0.833 bits per heavy atom. The molecule has 0 spiro atoms. The molecular weight excluding hydrogens is 604 g/mol. The number of amides is 1. The summed E-state index contributed by atoms with van der Waals surface area (Å²) in [6, 6.07) is 16.2. The van der Waals surface area contributed by atoms with Gasteiger partial charge in [-0.15, -0.1) is 0 Å². The van der Waals surface area contributed by atoms with Gasteiger partial charge in [-0.2, -0.15) is 4.98 Å². The van der Waals surface area contributed by atoms with Crippen molar-refractivity contribution in [3.8, 4) is 0 Å². The molecule has 7 rings (SSSR count). The van der Waals surface area contributed by atoms with E-state index in [0.29, 0.717) is 42.8 Å². The van der Waals surface area contributed by atoms with Gasteiger partial charge in [0.15, 0.2) is 0 Å². The normalized spacial score (nSPS) is 23.1. The second kappa shape index (κ2) is 15.1. The molecule has 2 N–H and O–H groups in total. The lowest BCUT2D eigenvalue weighted by atomic mass is 9.92. The number of anilines is 1. The number of carbonyl (C=O) groups is 1. The number of pyridine rings is 1. The van der Waals surface area contributed by atoms with Gasteiger partial charge in [0.2, 0.25) is 5.95 Å². The Labute approximate surface area is 282 Å². The van der Waals surface area contributed by atoms with Crippen LogP contribution in [0.3, 0.4) is 0 Å². The summed E-state index contributed by atoms with van der Waals surface area (Å²) in [4.78, 5) is 41.5. The average Bonchev–Trinajstić information content (AvgIpc) is 3.11. The fourth-order valence-corrected chi connectivity index (χ4v) is 7.97. The quantitative estimate of drug-likeness (QED) is 0.230. The third-order valence-corrected chi connectivity index (χ3v) is 10.6. The smallest absolute Gasteiger partial charge is 0.414 e. The lowest BCUT2D eigenvalue weighted by molar-refractivity contribution is 0.0611. The van der Waals surface area contributed by atoms with Gasteiger partial charge in [0, 0.05) is 55.2 Å². The highest BCUT2D eigenvalue weighted by molar-refractivity contribution is 6.04. The van der Waals surface area contributed by atoms with Crippen molar-refractivity contribution in [3.05, 3.63) is 76.2 Å². The Morgan fingerprint density at radius 2 is 1.62 bits per heavy atom. The van der Waals surface area contributed by atoms with E-state index in [4.69, 9.17) is 9.72 Å². The van der Waals surface area contributed by atoms with Crippen LogP contribution in [0, 0.1) is 0 Å². The molecule has 0 radical (unpaired) electrons. The number of aromatic nitrogens is 3. The number of aliphatic hydroxyl groups excluding tert-OH is 1. The van der Waals surface area contributed by atoms with Gasteiger partial charge >= 0.3 is 6.09 Å². The molecule has 10 heteroatoms. The van der Waals surface area contributed by atoms with Gasteiger partial charge in [-0.05, 0) is 67.6 Å². The Kier molecular flexibility index (Phi) is 10.3. The van der Waals surface area contributed by atoms with Crippen LogP contribution >= 0.6 is 0 Å². The maximum Gasteiger partial charge on any atom is 0.414 e. The molecule has 48 heavy (non-hydrogen) atoms. The van der Waals surface area contributed by atoms with Gasteiger partial charge < -0.3 is 9.84 Å². The van der Waals surface area contributed by atoms with Crippen molar-refractivity contribution >= 4 is 33.8 Å². The number of aliphatic hydroxyl groups is 1. The summed E-state index contributed by atoms with van der Waals surface area (Å²) in [6.07, 6.45) is 12.6. The van der Waals surface area contributed by atoms with Gasteiger partial charge in [0.25, 0.3) is 5.56 Å². The molecule has 0 bridgehead atoms. The molecular formula is C38H48N6O4. The first-order valence-electron chi connectivity index (χ1n) is 18.0.